The number of carbonyl (C=O) groups excluding carboxylic acids is 1. The smallest absolute Gasteiger partial charge is 0.139 e. The summed E-state index contributed by atoms with van der Waals surface area (Å²) in [6, 6.07) is 2.01. The maximum atomic E-state index is 12.2. The van der Waals surface area contributed by atoms with Crippen LogP contribution in [0.5, 0.6) is 0 Å². The third kappa shape index (κ3) is 2.16. The lowest BCUT2D eigenvalue weighted by molar-refractivity contribution is -0.197. The van der Waals surface area contributed by atoms with E-state index in [9.17, 15) is 4.79 Å². The van der Waals surface area contributed by atoms with Crippen molar-refractivity contribution in [2.45, 2.75) is 52.9 Å². The van der Waals surface area contributed by atoms with Crippen LogP contribution in [0.25, 0.3) is 0 Å². The minimum Gasteiger partial charge on any atom is -0.299 e. The van der Waals surface area contributed by atoms with Gasteiger partial charge in [-0.05, 0) is 36.5 Å². The number of allylic oxidation sites excluding steroid dienone is 2. The molecule has 0 N–H and O–H groups in total. The Bertz CT molecular complexity index is 391. The fraction of sp³-hybridized carbons (Fsp3) is 0.733. The van der Waals surface area contributed by atoms with E-state index in [4.69, 9.17) is 5.26 Å². The van der Waals surface area contributed by atoms with Gasteiger partial charge in [-0.1, -0.05) is 26.8 Å². The first-order valence-electron chi connectivity index (χ1n) is 6.42. The third-order valence-corrected chi connectivity index (χ3v) is 4.49. The van der Waals surface area contributed by atoms with Crippen molar-refractivity contribution in [3.05, 3.63) is 12.2 Å². The zero-order valence-electron chi connectivity index (χ0n) is 11.0. The van der Waals surface area contributed by atoms with Gasteiger partial charge in [0.25, 0.3) is 0 Å². The number of hydrogen-bond acceptors (Lipinski definition) is 2. The Hall–Kier alpha value is -1.10. The van der Waals surface area contributed by atoms with Crippen molar-refractivity contribution in [3.63, 3.8) is 0 Å². The topological polar surface area (TPSA) is 40.9 Å². The number of hydrogen-bond donors (Lipinski definition) is 0. The molecule has 17 heavy (non-hydrogen) atoms. The number of nitriles is 1. The summed E-state index contributed by atoms with van der Waals surface area (Å²) in [5.74, 6) is 0.458. The second-order valence-electron chi connectivity index (χ2n) is 7.00. The van der Waals surface area contributed by atoms with Gasteiger partial charge in [-0.2, -0.15) is 5.26 Å². The maximum absolute atomic E-state index is 12.2. The molecule has 2 heteroatoms. The SMILES string of the molecule is CC(C)(C=CC#N)CCC(=O)C12CC(C)(C1)C2. The number of rotatable bonds is 5. The van der Waals surface area contributed by atoms with Gasteiger partial charge in [-0.25, -0.2) is 0 Å². The molecule has 3 aliphatic rings. The summed E-state index contributed by atoms with van der Waals surface area (Å²) < 4.78 is 0. The highest BCUT2D eigenvalue weighted by Gasteiger charge is 2.67. The van der Waals surface area contributed by atoms with Crippen LogP contribution in [0.2, 0.25) is 0 Å². The van der Waals surface area contributed by atoms with E-state index >= 15 is 0 Å². The van der Waals surface area contributed by atoms with Crippen LogP contribution < -0.4 is 0 Å². The second-order valence-corrected chi connectivity index (χ2v) is 7.00. The molecule has 3 aliphatic carbocycles. The zero-order valence-corrected chi connectivity index (χ0v) is 11.0. The molecule has 0 aromatic carbocycles. The van der Waals surface area contributed by atoms with Crippen molar-refractivity contribution in [2.24, 2.45) is 16.2 Å². The van der Waals surface area contributed by atoms with Crippen molar-refractivity contribution in [3.8, 4) is 6.07 Å². The molecule has 2 bridgehead atoms. The van der Waals surface area contributed by atoms with Crippen LogP contribution in [0.4, 0.5) is 0 Å². The standard InChI is InChI=1S/C15H21NO/c1-13(2,6-4-8-16)7-5-12(17)15-9-14(3,10-15)11-15/h4,6H,5,7,9-11H2,1-3H3. The Kier molecular flexibility index (Phi) is 2.69. The molecule has 0 amide bonds. The normalized spacial score (nSPS) is 34.9. The molecule has 92 valence electrons. The lowest BCUT2D eigenvalue weighted by Crippen LogP contribution is -2.63. The first-order valence-corrected chi connectivity index (χ1v) is 6.42. The van der Waals surface area contributed by atoms with Gasteiger partial charge in [0.1, 0.15) is 5.78 Å². The lowest BCUT2D eigenvalue weighted by Gasteiger charge is -2.68. The van der Waals surface area contributed by atoms with Crippen molar-refractivity contribution < 1.29 is 4.79 Å². The molecule has 0 radical (unpaired) electrons. The van der Waals surface area contributed by atoms with Crippen LogP contribution in [-0.4, -0.2) is 5.78 Å². The Labute approximate surface area is 104 Å². The predicted octanol–water partition coefficient (Wildman–Crippen LogP) is 3.63. The summed E-state index contributed by atoms with van der Waals surface area (Å²) in [6.07, 6.45) is 8.30. The minimum atomic E-state index is -0.0428. The van der Waals surface area contributed by atoms with Crippen LogP contribution in [0, 0.1) is 27.6 Å². The molecule has 2 nitrogen and oxygen atoms in total. The number of nitrogens with zero attached hydrogens (tertiary/aromatic N) is 1. The molecular formula is C15H21NO. The first-order chi connectivity index (χ1) is 7.81. The maximum Gasteiger partial charge on any atom is 0.139 e. The summed E-state index contributed by atoms with van der Waals surface area (Å²) >= 11 is 0. The van der Waals surface area contributed by atoms with Gasteiger partial charge in [0.15, 0.2) is 0 Å². The summed E-state index contributed by atoms with van der Waals surface area (Å²) in [6.45, 7) is 6.44. The summed E-state index contributed by atoms with van der Waals surface area (Å²) in [7, 11) is 0. The molecule has 0 aromatic heterocycles. The van der Waals surface area contributed by atoms with Gasteiger partial charge >= 0.3 is 0 Å². The largest absolute Gasteiger partial charge is 0.299 e. The van der Waals surface area contributed by atoms with Gasteiger partial charge in [-0.15, -0.1) is 0 Å². The summed E-state index contributed by atoms with van der Waals surface area (Å²) in [5, 5.41) is 8.51. The highest BCUT2D eigenvalue weighted by molar-refractivity contribution is 5.88. The monoisotopic (exact) mass is 231 g/mol. The van der Waals surface area contributed by atoms with Crippen LogP contribution in [0.1, 0.15) is 52.9 Å². The van der Waals surface area contributed by atoms with Gasteiger partial charge in [0.2, 0.25) is 0 Å². The van der Waals surface area contributed by atoms with Gasteiger partial charge in [0.05, 0.1) is 6.07 Å². The molecule has 0 aromatic rings. The highest BCUT2D eigenvalue weighted by Crippen LogP contribution is 2.73. The fourth-order valence-electron chi connectivity index (χ4n) is 3.64. The van der Waals surface area contributed by atoms with E-state index in [0.29, 0.717) is 17.6 Å². The Morgan fingerprint density at radius 1 is 1.41 bits per heavy atom. The number of ketones is 1. The van der Waals surface area contributed by atoms with Crippen molar-refractivity contribution in [1.82, 2.24) is 0 Å². The summed E-state index contributed by atoms with van der Waals surface area (Å²) in [5.41, 5.74) is 0.536. The molecule has 0 aliphatic heterocycles. The zero-order chi connectivity index (χ0) is 12.7. The number of Topliss-reactive ketones (excluding diaryl/α,β-unsaturated/α-hetero) is 1. The van der Waals surface area contributed by atoms with E-state index in [2.05, 4.69) is 20.8 Å². The van der Waals surface area contributed by atoms with Gasteiger partial charge in [0, 0.05) is 17.9 Å². The summed E-state index contributed by atoms with van der Waals surface area (Å²) in [4.78, 5) is 12.2. The minimum absolute atomic E-state index is 0.0428. The quantitative estimate of drug-likeness (QED) is 0.678. The van der Waals surface area contributed by atoms with Crippen LogP contribution >= 0.6 is 0 Å². The van der Waals surface area contributed by atoms with E-state index in [0.717, 1.165) is 25.7 Å². The Morgan fingerprint density at radius 3 is 2.47 bits per heavy atom. The van der Waals surface area contributed by atoms with Crippen LogP contribution in [0.3, 0.4) is 0 Å². The Morgan fingerprint density at radius 2 is 2.00 bits per heavy atom. The first kappa shape index (κ1) is 12.4. The molecular weight excluding hydrogens is 210 g/mol. The highest BCUT2D eigenvalue weighted by atomic mass is 16.1. The average Bonchev–Trinajstić information content (AvgIpc) is 2.17. The van der Waals surface area contributed by atoms with Gasteiger partial charge < -0.3 is 0 Å². The molecule has 0 saturated heterocycles. The van der Waals surface area contributed by atoms with Crippen molar-refractivity contribution >= 4 is 5.78 Å². The van der Waals surface area contributed by atoms with Crippen LogP contribution in [-0.2, 0) is 4.79 Å². The fourth-order valence-corrected chi connectivity index (χ4v) is 3.64. The average molecular weight is 231 g/mol. The predicted molar refractivity (Wildman–Crippen MR) is 67.2 cm³/mol. The molecule has 3 saturated carbocycles. The number of carbonyl (C=O) groups is 1. The second kappa shape index (κ2) is 3.70. The molecule has 0 unspecified atom stereocenters. The molecule has 3 fully saturated rings. The lowest BCUT2D eigenvalue weighted by atomic mass is 9.34. The van der Waals surface area contributed by atoms with Crippen LogP contribution in [0.15, 0.2) is 12.2 Å². The van der Waals surface area contributed by atoms with E-state index in [1.165, 1.54) is 6.08 Å². The van der Waals surface area contributed by atoms with E-state index in [1.54, 1.807) is 0 Å². The molecule has 0 heterocycles. The molecule has 0 atom stereocenters. The molecule has 0 spiro atoms. The van der Waals surface area contributed by atoms with Gasteiger partial charge in [-0.3, -0.25) is 4.79 Å². The van der Waals surface area contributed by atoms with E-state index in [1.807, 2.05) is 12.1 Å². The van der Waals surface area contributed by atoms with E-state index < -0.39 is 0 Å². The van der Waals surface area contributed by atoms with Crippen molar-refractivity contribution in [2.75, 3.05) is 0 Å². The molecule has 3 rings (SSSR count). The third-order valence-electron chi connectivity index (χ3n) is 4.49. The van der Waals surface area contributed by atoms with Crippen molar-refractivity contribution in [1.29, 1.82) is 5.26 Å². The Balaban J connectivity index is 1.81. The van der Waals surface area contributed by atoms with E-state index in [-0.39, 0.29) is 10.8 Å².